The summed E-state index contributed by atoms with van der Waals surface area (Å²) in [6.45, 7) is 1.79. The molecule has 1 atom stereocenters. The van der Waals surface area contributed by atoms with Crippen LogP contribution in [0.3, 0.4) is 0 Å². The zero-order chi connectivity index (χ0) is 17.3. The number of fused-ring (bicyclic) bond motifs is 1. The van der Waals surface area contributed by atoms with Gasteiger partial charge >= 0.3 is 5.97 Å². The highest BCUT2D eigenvalue weighted by Gasteiger charge is 2.43. The number of aliphatic hydroxyl groups is 1. The van der Waals surface area contributed by atoms with Crippen molar-refractivity contribution in [2.24, 2.45) is 5.92 Å². The number of rotatable bonds is 4. The molecule has 24 heavy (non-hydrogen) atoms. The second kappa shape index (κ2) is 6.48. The minimum atomic E-state index is -1.15. The van der Waals surface area contributed by atoms with Crippen LogP contribution in [0, 0.1) is 11.7 Å². The molecule has 1 heterocycles. The lowest BCUT2D eigenvalue weighted by molar-refractivity contribution is -0.155. The maximum absolute atomic E-state index is 13.6. The van der Waals surface area contributed by atoms with Crippen molar-refractivity contribution in [2.75, 3.05) is 0 Å². The first-order chi connectivity index (χ1) is 11.4. The quantitative estimate of drug-likeness (QED) is 0.892. The van der Waals surface area contributed by atoms with Crippen LogP contribution in [0.25, 0.3) is 10.9 Å². The monoisotopic (exact) mass is 331 g/mol. The fourth-order valence-electron chi connectivity index (χ4n) is 4.06. The number of hydrogen-bond acceptors (Lipinski definition) is 3. The highest BCUT2D eigenvalue weighted by molar-refractivity contribution is 5.82. The molecular weight excluding hydrogens is 309 g/mol. The maximum Gasteiger partial charge on any atom is 0.309 e. The van der Waals surface area contributed by atoms with E-state index in [1.165, 1.54) is 12.1 Å². The number of carboxylic acid groups (broad SMARTS) is 1. The lowest BCUT2D eigenvalue weighted by Gasteiger charge is -2.40. The predicted octanol–water partition coefficient (Wildman–Crippen LogP) is 3.87. The van der Waals surface area contributed by atoms with E-state index in [-0.39, 0.29) is 11.7 Å². The van der Waals surface area contributed by atoms with Crippen LogP contribution in [0.1, 0.15) is 50.5 Å². The first-order valence-corrected chi connectivity index (χ1v) is 8.44. The largest absolute Gasteiger partial charge is 0.481 e. The van der Waals surface area contributed by atoms with Crippen LogP contribution in [0.2, 0.25) is 0 Å². The average Bonchev–Trinajstić information content (AvgIpc) is 2.55. The van der Waals surface area contributed by atoms with E-state index >= 15 is 0 Å². The minimum absolute atomic E-state index is 0.184. The first-order valence-electron chi connectivity index (χ1n) is 8.44. The predicted molar refractivity (Wildman–Crippen MR) is 89.3 cm³/mol. The van der Waals surface area contributed by atoms with Crippen LogP contribution in [0.5, 0.6) is 0 Å². The van der Waals surface area contributed by atoms with E-state index in [9.17, 15) is 19.4 Å². The Morgan fingerprint density at radius 2 is 2.08 bits per heavy atom. The Morgan fingerprint density at radius 3 is 2.71 bits per heavy atom. The standard InChI is InChI=1S/C19H22FNO3/c1-2-16(18(22)23)19(24)8-5-12(6-9-19)14-7-10-21-17-4-3-13(20)11-15(14)17/h3-4,7,10-12,16,24H,2,5-6,8-9H2,1H3,(H,22,23). The second-order valence-electron chi connectivity index (χ2n) is 6.74. The molecule has 2 aromatic rings. The van der Waals surface area contributed by atoms with Crippen molar-refractivity contribution in [3.8, 4) is 0 Å². The Kier molecular flexibility index (Phi) is 4.54. The summed E-state index contributed by atoms with van der Waals surface area (Å²) < 4.78 is 13.6. The Bertz CT molecular complexity index is 753. The molecule has 1 aliphatic rings. The zero-order valence-electron chi connectivity index (χ0n) is 13.7. The molecule has 3 rings (SSSR count). The molecule has 128 valence electrons. The van der Waals surface area contributed by atoms with E-state index < -0.39 is 17.5 Å². The van der Waals surface area contributed by atoms with Crippen molar-refractivity contribution < 1.29 is 19.4 Å². The Morgan fingerprint density at radius 1 is 1.38 bits per heavy atom. The number of carbonyl (C=O) groups is 1. The smallest absolute Gasteiger partial charge is 0.309 e. The summed E-state index contributed by atoms with van der Waals surface area (Å²) in [4.78, 5) is 15.7. The van der Waals surface area contributed by atoms with Gasteiger partial charge in [-0.05, 0) is 67.9 Å². The van der Waals surface area contributed by atoms with Gasteiger partial charge < -0.3 is 10.2 Å². The molecule has 1 fully saturated rings. The fraction of sp³-hybridized carbons (Fsp3) is 0.474. The van der Waals surface area contributed by atoms with Crippen molar-refractivity contribution in [3.05, 3.63) is 41.8 Å². The summed E-state index contributed by atoms with van der Waals surface area (Å²) in [7, 11) is 0. The number of aliphatic carboxylic acids is 1. The molecule has 1 saturated carbocycles. The first kappa shape index (κ1) is 16.8. The summed E-state index contributed by atoms with van der Waals surface area (Å²) >= 11 is 0. The van der Waals surface area contributed by atoms with Crippen molar-refractivity contribution in [1.29, 1.82) is 0 Å². The molecule has 2 N–H and O–H groups in total. The molecule has 0 radical (unpaired) electrons. The summed E-state index contributed by atoms with van der Waals surface area (Å²) in [5, 5.41) is 20.9. The van der Waals surface area contributed by atoms with Gasteiger partial charge in [-0.25, -0.2) is 4.39 Å². The van der Waals surface area contributed by atoms with Gasteiger partial charge in [0.05, 0.1) is 17.0 Å². The van der Waals surface area contributed by atoms with Crippen LogP contribution in [0.15, 0.2) is 30.5 Å². The molecule has 0 aliphatic heterocycles. The Labute approximate surface area is 140 Å². The van der Waals surface area contributed by atoms with E-state index in [4.69, 9.17) is 0 Å². The maximum atomic E-state index is 13.6. The average molecular weight is 331 g/mol. The molecule has 1 aliphatic carbocycles. The number of hydrogen-bond donors (Lipinski definition) is 2. The highest BCUT2D eigenvalue weighted by atomic mass is 19.1. The molecule has 0 amide bonds. The van der Waals surface area contributed by atoms with E-state index in [2.05, 4.69) is 4.98 Å². The normalized spacial score (nSPS) is 25.5. The molecule has 1 aromatic carbocycles. The van der Waals surface area contributed by atoms with Gasteiger partial charge in [-0.15, -0.1) is 0 Å². The van der Waals surface area contributed by atoms with E-state index in [0.29, 0.717) is 32.1 Å². The van der Waals surface area contributed by atoms with Gasteiger partial charge in [-0.2, -0.15) is 0 Å². The van der Waals surface area contributed by atoms with Gasteiger partial charge in [-0.1, -0.05) is 6.92 Å². The topological polar surface area (TPSA) is 70.4 Å². The van der Waals surface area contributed by atoms with Crippen LogP contribution < -0.4 is 0 Å². The van der Waals surface area contributed by atoms with Crippen LogP contribution in [-0.4, -0.2) is 26.8 Å². The molecular formula is C19H22FNO3. The summed E-state index contributed by atoms with van der Waals surface area (Å²) in [6, 6.07) is 6.48. The second-order valence-corrected chi connectivity index (χ2v) is 6.74. The van der Waals surface area contributed by atoms with Crippen molar-refractivity contribution in [2.45, 2.75) is 50.5 Å². The third kappa shape index (κ3) is 3.00. The molecule has 0 bridgehead atoms. The minimum Gasteiger partial charge on any atom is -0.481 e. The number of pyridine rings is 1. The highest BCUT2D eigenvalue weighted by Crippen LogP contribution is 2.43. The van der Waals surface area contributed by atoms with Crippen LogP contribution in [0.4, 0.5) is 4.39 Å². The molecule has 1 aromatic heterocycles. The van der Waals surface area contributed by atoms with Gasteiger partial charge in [0, 0.05) is 11.6 Å². The van der Waals surface area contributed by atoms with Crippen molar-refractivity contribution >= 4 is 16.9 Å². The lowest BCUT2D eigenvalue weighted by Crippen LogP contribution is -2.44. The molecule has 5 heteroatoms. The van der Waals surface area contributed by atoms with Gasteiger partial charge in [0.1, 0.15) is 5.82 Å². The van der Waals surface area contributed by atoms with Gasteiger partial charge in [0.2, 0.25) is 0 Å². The third-order valence-electron chi connectivity index (χ3n) is 5.38. The van der Waals surface area contributed by atoms with Gasteiger partial charge in [0.15, 0.2) is 0 Å². The van der Waals surface area contributed by atoms with E-state index in [1.807, 2.05) is 6.07 Å². The number of benzene rings is 1. The molecule has 0 spiro atoms. The number of carboxylic acids is 1. The van der Waals surface area contributed by atoms with E-state index in [0.717, 1.165) is 16.5 Å². The number of halogens is 1. The molecule has 4 nitrogen and oxygen atoms in total. The molecule has 1 unspecified atom stereocenters. The summed E-state index contributed by atoms with van der Waals surface area (Å²) in [5.74, 6) is -1.77. The Hall–Kier alpha value is -2.01. The van der Waals surface area contributed by atoms with Crippen LogP contribution in [-0.2, 0) is 4.79 Å². The molecule has 0 saturated heterocycles. The SMILES string of the molecule is CCC(C(=O)O)C1(O)CCC(c2ccnc3ccc(F)cc23)CC1. The van der Waals surface area contributed by atoms with Crippen LogP contribution >= 0.6 is 0 Å². The Balaban J connectivity index is 1.85. The lowest BCUT2D eigenvalue weighted by atomic mass is 9.69. The fourth-order valence-corrected chi connectivity index (χ4v) is 4.06. The summed E-state index contributed by atoms with van der Waals surface area (Å²) in [5.41, 5.74) is 0.641. The van der Waals surface area contributed by atoms with Crippen molar-refractivity contribution in [3.63, 3.8) is 0 Å². The van der Waals surface area contributed by atoms with E-state index in [1.54, 1.807) is 19.2 Å². The third-order valence-corrected chi connectivity index (χ3v) is 5.38. The van der Waals surface area contributed by atoms with Gasteiger partial charge in [0.25, 0.3) is 0 Å². The number of nitrogens with zero attached hydrogens (tertiary/aromatic N) is 1. The number of aromatic nitrogens is 1. The van der Waals surface area contributed by atoms with Gasteiger partial charge in [-0.3, -0.25) is 9.78 Å². The van der Waals surface area contributed by atoms with Crippen molar-refractivity contribution in [1.82, 2.24) is 4.98 Å². The summed E-state index contributed by atoms with van der Waals surface area (Å²) in [6.07, 6.45) is 4.41. The zero-order valence-corrected chi connectivity index (χ0v) is 13.7.